The highest BCUT2D eigenvalue weighted by atomic mass is 35.5. The predicted octanol–water partition coefficient (Wildman–Crippen LogP) is 6.10. The highest BCUT2D eigenvalue weighted by Gasteiger charge is 2.31. The van der Waals surface area contributed by atoms with Crippen LogP contribution in [0.25, 0.3) is 6.08 Å². The number of halogens is 1. The molecule has 0 bridgehead atoms. The van der Waals surface area contributed by atoms with Crippen LogP contribution in [0.4, 0.5) is 11.4 Å². The van der Waals surface area contributed by atoms with Gasteiger partial charge in [0.1, 0.15) is 0 Å². The summed E-state index contributed by atoms with van der Waals surface area (Å²) in [5.41, 5.74) is 4.29. The highest BCUT2D eigenvalue weighted by Crippen LogP contribution is 2.27. The topological polar surface area (TPSA) is 42.9 Å². The molecule has 0 saturated carbocycles. The number of hydrogen-bond acceptors (Lipinski definition) is 5. The van der Waals surface area contributed by atoms with Crippen LogP contribution in [0.1, 0.15) is 36.8 Å². The second kappa shape index (κ2) is 13.4. The Bertz CT molecular complexity index is 1250. The number of aromatic nitrogens is 1. The van der Waals surface area contributed by atoms with Crippen LogP contribution >= 0.6 is 11.6 Å². The molecule has 6 nitrogen and oxygen atoms in total. The van der Waals surface area contributed by atoms with Crippen molar-refractivity contribution in [1.82, 2.24) is 19.7 Å². The Morgan fingerprint density at radius 3 is 2.17 bits per heavy atom. The maximum absolute atomic E-state index is 13.6. The molecular formula is C33H40ClN5O. The van der Waals surface area contributed by atoms with Crippen molar-refractivity contribution in [2.75, 3.05) is 45.2 Å². The Hall–Kier alpha value is -3.19. The predicted molar refractivity (Wildman–Crippen MR) is 165 cm³/mol. The van der Waals surface area contributed by atoms with Gasteiger partial charge in [0, 0.05) is 73.6 Å². The number of carbonyl (C=O) groups excluding carboxylic acids is 1. The summed E-state index contributed by atoms with van der Waals surface area (Å²) in [6.07, 6.45) is 11.7. The molecule has 0 unspecified atom stereocenters. The Labute approximate surface area is 243 Å². The Morgan fingerprint density at radius 1 is 0.900 bits per heavy atom. The molecular weight excluding hydrogens is 518 g/mol. The molecule has 2 aliphatic rings. The number of piperidine rings is 2. The van der Waals surface area contributed by atoms with Gasteiger partial charge in [0.05, 0.1) is 0 Å². The smallest absolute Gasteiger partial charge is 0.247 e. The van der Waals surface area contributed by atoms with E-state index < -0.39 is 0 Å². The Morgan fingerprint density at radius 2 is 1.52 bits per heavy atom. The van der Waals surface area contributed by atoms with Crippen LogP contribution in [0.2, 0.25) is 5.02 Å². The summed E-state index contributed by atoms with van der Waals surface area (Å²) in [4.78, 5) is 27.1. The first-order valence-electron chi connectivity index (χ1n) is 14.4. The van der Waals surface area contributed by atoms with Gasteiger partial charge in [-0.25, -0.2) is 0 Å². The molecule has 5 rings (SSSR count). The van der Waals surface area contributed by atoms with Gasteiger partial charge in [0.2, 0.25) is 5.91 Å². The lowest BCUT2D eigenvalue weighted by Gasteiger charge is -2.43. The van der Waals surface area contributed by atoms with Crippen molar-refractivity contribution >= 4 is 35.0 Å². The second-order valence-corrected chi connectivity index (χ2v) is 11.5. The molecule has 0 atom stereocenters. The summed E-state index contributed by atoms with van der Waals surface area (Å²) in [6, 6.07) is 21.0. The number of likely N-dealkylation sites (tertiary alicyclic amines) is 2. The first kappa shape index (κ1) is 28.3. The highest BCUT2D eigenvalue weighted by molar-refractivity contribution is 6.30. The van der Waals surface area contributed by atoms with Crippen LogP contribution in [-0.2, 0) is 11.3 Å². The van der Waals surface area contributed by atoms with E-state index in [-0.39, 0.29) is 11.9 Å². The molecule has 1 aromatic heterocycles. The van der Waals surface area contributed by atoms with Crippen molar-refractivity contribution < 1.29 is 4.79 Å². The molecule has 0 aliphatic carbocycles. The molecule has 40 heavy (non-hydrogen) atoms. The van der Waals surface area contributed by atoms with Gasteiger partial charge >= 0.3 is 0 Å². The molecule has 3 heterocycles. The Balaban J connectivity index is 1.28. The monoisotopic (exact) mass is 557 g/mol. The van der Waals surface area contributed by atoms with Crippen LogP contribution in [0.5, 0.6) is 0 Å². The molecule has 0 spiro atoms. The SMILES string of the molecule is CN1CCC(N2CCC(N(Cc3ccc(N(C)c4ccncc4)cc3)C(=O)C=Cc3ccc(Cl)cc3)CC2)CC1. The quantitative estimate of drug-likeness (QED) is 0.313. The minimum absolute atomic E-state index is 0.0608. The lowest BCUT2D eigenvalue weighted by atomic mass is 9.96. The van der Waals surface area contributed by atoms with Gasteiger partial charge in [-0.3, -0.25) is 9.78 Å². The van der Waals surface area contributed by atoms with Crippen LogP contribution in [-0.4, -0.2) is 77.9 Å². The molecule has 1 amide bonds. The van der Waals surface area contributed by atoms with Crippen molar-refractivity contribution in [3.05, 3.63) is 95.3 Å². The van der Waals surface area contributed by atoms with Gasteiger partial charge in [-0.05, 0) is 99.4 Å². The molecule has 2 fully saturated rings. The van der Waals surface area contributed by atoms with E-state index in [9.17, 15) is 4.79 Å². The van der Waals surface area contributed by atoms with Crippen molar-refractivity contribution in [3.8, 4) is 0 Å². The van der Waals surface area contributed by atoms with Gasteiger partial charge in [-0.2, -0.15) is 0 Å². The average Bonchev–Trinajstić information content (AvgIpc) is 3.00. The fraction of sp³-hybridized carbons (Fsp3) is 0.394. The van der Waals surface area contributed by atoms with Gasteiger partial charge < -0.3 is 19.6 Å². The third kappa shape index (κ3) is 7.30. The molecule has 0 N–H and O–H groups in total. The van der Waals surface area contributed by atoms with Crippen LogP contribution in [0.3, 0.4) is 0 Å². The van der Waals surface area contributed by atoms with Crippen LogP contribution < -0.4 is 4.90 Å². The zero-order valence-corrected chi connectivity index (χ0v) is 24.4. The number of hydrogen-bond donors (Lipinski definition) is 0. The second-order valence-electron chi connectivity index (χ2n) is 11.1. The number of rotatable bonds is 8. The van der Waals surface area contributed by atoms with Crippen LogP contribution in [0, 0.1) is 0 Å². The molecule has 2 aliphatic heterocycles. The normalized spacial score (nSPS) is 17.8. The number of anilines is 2. The third-order valence-electron chi connectivity index (χ3n) is 8.44. The van der Waals surface area contributed by atoms with Crippen molar-refractivity contribution in [1.29, 1.82) is 0 Å². The zero-order valence-electron chi connectivity index (χ0n) is 23.6. The largest absolute Gasteiger partial charge is 0.345 e. The maximum Gasteiger partial charge on any atom is 0.247 e. The lowest BCUT2D eigenvalue weighted by Crippen LogP contribution is -2.51. The zero-order chi connectivity index (χ0) is 27.9. The first-order chi connectivity index (χ1) is 19.5. The number of benzene rings is 2. The number of pyridine rings is 1. The van der Waals surface area contributed by atoms with E-state index in [2.05, 4.69) is 62.9 Å². The summed E-state index contributed by atoms with van der Waals surface area (Å²) >= 11 is 6.05. The molecule has 3 aromatic rings. The Kier molecular flexibility index (Phi) is 9.53. The van der Waals surface area contributed by atoms with E-state index in [1.807, 2.05) is 42.5 Å². The van der Waals surface area contributed by atoms with Gasteiger partial charge in [0.15, 0.2) is 0 Å². The molecule has 2 aromatic carbocycles. The molecule has 210 valence electrons. The number of amides is 1. The van der Waals surface area contributed by atoms with Gasteiger partial charge in [0.25, 0.3) is 0 Å². The van der Waals surface area contributed by atoms with E-state index in [0.29, 0.717) is 17.6 Å². The summed E-state index contributed by atoms with van der Waals surface area (Å²) < 4.78 is 0. The standard InChI is InChI=1S/C33H40ClN5O/c1-36-21-15-31(16-22-36)38-23-17-32(18-24-38)39(33(40)12-7-26-3-8-28(34)9-4-26)25-27-5-10-29(11-6-27)37(2)30-13-19-35-20-14-30/h3-14,19-20,31-32H,15-18,21-25H2,1-2H3. The summed E-state index contributed by atoms with van der Waals surface area (Å²) in [5.74, 6) is 0.0608. The number of carbonyl (C=O) groups is 1. The minimum atomic E-state index is 0.0608. The van der Waals surface area contributed by atoms with E-state index in [0.717, 1.165) is 48.4 Å². The summed E-state index contributed by atoms with van der Waals surface area (Å²) in [6.45, 7) is 5.06. The summed E-state index contributed by atoms with van der Waals surface area (Å²) in [7, 11) is 4.27. The van der Waals surface area contributed by atoms with Crippen molar-refractivity contribution in [3.63, 3.8) is 0 Å². The maximum atomic E-state index is 13.6. The molecule has 2 saturated heterocycles. The third-order valence-corrected chi connectivity index (χ3v) is 8.69. The van der Waals surface area contributed by atoms with E-state index >= 15 is 0 Å². The van der Waals surface area contributed by atoms with E-state index in [4.69, 9.17) is 11.6 Å². The minimum Gasteiger partial charge on any atom is -0.345 e. The first-order valence-corrected chi connectivity index (χ1v) is 14.7. The molecule has 0 radical (unpaired) electrons. The fourth-order valence-electron chi connectivity index (χ4n) is 5.89. The van der Waals surface area contributed by atoms with Crippen molar-refractivity contribution in [2.45, 2.75) is 44.3 Å². The number of nitrogens with zero attached hydrogens (tertiary/aromatic N) is 5. The molecule has 7 heteroatoms. The van der Waals surface area contributed by atoms with Crippen molar-refractivity contribution in [2.24, 2.45) is 0 Å². The fourth-order valence-corrected chi connectivity index (χ4v) is 6.01. The van der Waals surface area contributed by atoms with E-state index in [1.54, 1.807) is 18.5 Å². The lowest BCUT2D eigenvalue weighted by molar-refractivity contribution is -0.130. The van der Waals surface area contributed by atoms with Gasteiger partial charge in [-0.15, -0.1) is 0 Å². The average molecular weight is 558 g/mol. The van der Waals surface area contributed by atoms with Crippen LogP contribution in [0.15, 0.2) is 79.1 Å². The van der Waals surface area contributed by atoms with E-state index in [1.165, 1.54) is 25.9 Å². The summed E-state index contributed by atoms with van der Waals surface area (Å²) in [5, 5.41) is 0.694. The van der Waals surface area contributed by atoms with Gasteiger partial charge in [-0.1, -0.05) is 35.9 Å².